The Morgan fingerprint density at radius 1 is 1.45 bits per heavy atom. The topological polar surface area (TPSA) is 29.5 Å². The molecular weight excluding hydrogens is 142 g/mol. The van der Waals surface area contributed by atoms with Crippen LogP contribution >= 0.6 is 0 Å². The third kappa shape index (κ3) is 1.13. The summed E-state index contributed by atoms with van der Waals surface area (Å²) in [6.07, 6.45) is 4.30. The fraction of sp³-hybridized carbons (Fsp3) is 0.875. The number of rotatable bonds is 1. The zero-order valence-corrected chi connectivity index (χ0v) is 6.58. The van der Waals surface area contributed by atoms with Gasteiger partial charge in [-0.1, -0.05) is 0 Å². The highest BCUT2D eigenvalue weighted by Gasteiger charge is 2.41. The number of nitrogens with zero attached hydrogens (tertiary/aromatic N) is 1. The number of likely N-dealkylation sites (tertiary alicyclic amines) is 1. The first-order chi connectivity index (χ1) is 5.35. The third-order valence-electron chi connectivity index (χ3n) is 2.68. The van der Waals surface area contributed by atoms with E-state index in [4.69, 9.17) is 4.74 Å². The largest absolute Gasteiger partial charge is 0.373 e. The molecule has 0 aromatic carbocycles. The average Bonchev–Trinajstić information content (AvgIpc) is 2.02. The molecule has 0 aromatic heterocycles. The number of carbonyl (C=O) groups excluding carboxylic acids is 1. The number of carbonyl (C=O) groups is 1. The Balaban J connectivity index is 1.97. The molecule has 0 radical (unpaired) electrons. The highest BCUT2D eigenvalue weighted by Crippen LogP contribution is 2.34. The average molecular weight is 155 g/mol. The van der Waals surface area contributed by atoms with E-state index < -0.39 is 0 Å². The van der Waals surface area contributed by atoms with Crippen molar-refractivity contribution >= 4 is 6.41 Å². The van der Waals surface area contributed by atoms with Crippen molar-refractivity contribution in [1.82, 2.24) is 4.90 Å². The minimum Gasteiger partial charge on any atom is -0.373 e. The molecule has 0 aliphatic carbocycles. The molecule has 2 saturated heterocycles. The van der Waals surface area contributed by atoms with Crippen molar-refractivity contribution in [1.29, 1.82) is 0 Å². The molecular formula is C8H13NO2. The predicted octanol–water partition coefficient (Wildman–Crippen LogP) is 0.398. The Morgan fingerprint density at radius 2 is 2.27 bits per heavy atom. The van der Waals surface area contributed by atoms with Crippen LogP contribution in [-0.4, -0.2) is 36.6 Å². The Hall–Kier alpha value is -0.570. The van der Waals surface area contributed by atoms with E-state index in [1.54, 1.807) is 0 Å². The van der Waals surface area contributed by atoms with Crippen LogP contribution in [-0.2, 0) is 9.53 Å². The van der Waals surface area contributed by atoms with E-state index in [1.165, 1.54) is 0 Å². The Labute approximate surface area is 66.3 Å². The van der Waals surface area contributed by atoms with Crippen LogP contribution in [0, 0.1) is 0 Å². The Morgan fingerprint density at radius 3 is 2.82 bits per heavy atom. The van der Waals surface area contributed by atoms with Gasteiger partial charge in [0.1, 0.15) is 0 Å². The highest BCUT2D eigenvalue weighted by molar-refractivity contribution is 5.47. The summed E-state index contributed by atoms with van der Waals surface area (Å²) in [4.78, 5) is 12.3. The van der Waals surface area contributed by atoms with Gasteiger partial charge >= 0.3 is 0 Å². The zero-order valence-electron chi connectivity index (χ0n) is 6.58. The van der Waals surface area contributed by atoms with Crippen molar-refractivity contribution in [3.8, 4) is 0 Å². The molecule has 3 heteroatoms. The first-order valence-corrected chi connectivity index (χ1v) is 4.18. The van der Waals surface area contributed by atoms with Crippen LogP contribution in [0.4, 0.5) is 0 Å². The number of hydrogen-bond acceptors (Lipinski definition) is 2. The molecule has 1 amide bonds. The number of piperidine rings is 1. The number of hydrogen-bond donors (Lipinski definition) is 0. The lowest BCUT2D eigenvalue weighted by Crippen LogP contribution is -2.55. The van der Waals surface area contributed by atoms with E-state index in [-0.39, 0.29) is 5.60 Å². The standard InChI is InChI=1S/C8H13NO2/c10-7-9-4-1-2-8(6-9)3-5-11-8/h7H,1-6H2. The van der Waals surface area contributed by atoms with E-state index in [0.29, 0.717) is 0 Å². The molecule has 2 aliphatic heterocycles. The van der Waals surface area contributed by atoms with E-state index in [2.05, 4.69) is 0 Å². The van der Waals surface area contributed by atoms with Gasteiger partial charge in [-0.25, -0.2) is 0 Å². The molecule has 1 atom stereocenters. The third-order valence-corrected chi connectivity index (χ3v) is 2.68. The van der Waals surface area contributed by atoms with Gasteiger partial charge in [0.25, 0.3) is 0 Å². The molecule has 0 saturated carbocycles. The quantitative estimate of drug-likeness (QED) is 0.513. The Kier molecular flexibility index (Phi) is 1.60. The molecule has 1 spiro atoms. The molecule has 2 rings (SSSR count). The molecule has 3 nitrogen and oxygen atoms in total. The lowest BCUT2D eigenvalue weighted by Gasteiger charge is -2.47. The first kappa shape index (κ1) is 7.10. The smallest absolute Gasteiger partial charge is 0.209 e. The second-order valence-corrected chi connectivity index (χ2v) is 3.46. The fourth-order valence-corrected chi connectivity index (χ4v) is 1.94. The monoisotopic (exact) mass is 155 g/mol. The van der Waals surface area contributed by atoms with Crippen molar-refractivity contribution in [3.63, 3.8) is 0 Å². The molecule has 11 heavy (non-hydrogen) atoms. The molecule has 2 heterocycles. The molecule has 2 fully saturated rings. The van der Waals surface area contributed by atoms with Crippen molar-refractivity contribution in [2.24, 2.45) is 0 Å². The molecule has 0 bridgehead atoms. The van der Waals surface area contributed by atoms with Gasteiger partial charge < -0.3 is 9.64 Å². The van der Waals surface area contributed by atoms with Gasteiger partial charge in [-0.3, -0.25) is 4.79 Å². The summed E-state index contributed by atoms with van der Waals surface area (Å²) in [6, 6.07) is 0. The maximum absolute atomic E-state index is 10.5. The van der Waals surface area contributed by atoms with Crippen LogP contribution in [0.5, 0.6) is 0 Å². The van der Waals surface area contributed by atoms with Gasteiger partial charge in [0, 0.05) is 19.5 Å². The van der Waals surface area contributed by atoms with Crippen LogP contribution in [0.15, 0.2) is 0 Å². The van der Waals surface area contributed by atoms with Gasteiger partial charge in [0.05, 0.1) is 12.2 Å². The van der Waals surface area contributed by atoms with Crippen molar-refractivity contribution in [3.05, 3.63) is 0 Å². The molecule has 2 aliphatic rings. The summed E-state index contributed by atoms with van der Waals surface area (Å²) in [7, 11) is 0. The van der Waals surface area contributed by atoms with Crippen molar-refractivity contribution < 1.29 is 9.53 Å². The summed E-state index contributed by atoms with van der Waals surface area (Å²) < 4.78 is 5.49. The summed E-state index contributed by atoms with van der Waals surface area (Å²) >= 11 is 0. The number of amides is 1. The van der Waals surface area contributed by atoms with Gasteiger partial charge in [0.2, 0.25) is 6.41 Å². The van der Waals surface area contributed by atoms with Crippen LogP contribution < -0.4 is 0 Å². The van der Waals surface area contributed by atoms with Gasteiger partial charge in [-0.15, -0.1) is 0 Å². The maximum atomic E-state index is 10.5. The van der Waals surface area contributed by atoms with Gasteiger partial charge in [-0.05, 0) is 12.8 Å². The maximum Gasteiger partial charge on any atom is 0.209 e. The lowest BCUT2D eigenvalue weighted by molar-refractivity contribution is -0.177. The minimum atomic E-state index is 0.0686. The number of ether oxygens (including phenoxy) is 1. The Bertz CT molecular complexity index is 165. The van der Waals surface area contributed by atoms with Crippen molar-refractivity contribution in [2.75, 3.05) is 19.7 Å². The van der Waals surface area contributed by atoms with E-state index in [9.17, 15) is 4.79 Å². The summed E-state index contributed by atoms with van der Waals surface area (Å²) in [5.74, 6) is 0. The van der Waals surface area contributed by atoms with Crippen LogP contribution in [0.2, 0.25) is 0 Å². The van der Waals surface area contributed by atoms with Crippen LogP contribution in [0.3, 0.4) is 0 Å². The van der Waals surface area contributed by atoms with E-state index in [0.717, 1.165) is 45.4 Å². The molecule has 0 N–H and O–H groups in total. The van der Waals surface area contributed by atoms with Crippen LogP contribution in [0.1, 0.15) is 19.3 Å². The molecule has 0 aromatic rings. The second kappa shape index (κ2) is 2.48. The SMILES string of the molecule is O=CN1CCCC2(CCO2)C1. The minimum absolute atomic E-state index is 0.0686. The van der Waals surface area contributed by atoms with Gasteiger partial charge in [-0.2, -0.15) is 0 Å². The first-order valence-electron chi connectivity index (χ1n) is 4.18. The van der Waals surface area contributed by atoms with Crippen molar-refractivity contribution in [2.45, 2.75) is 24.9 Å². The van der Waals surface area contributed by atoms with Crippen LogP contribution in [0.25, 0.3) is 0 Å². The summed E-state index contributed by atoms with van der Waals surface area (Å²) in [6.45, 7) is 2.61. The zero-order chi connectivity index (χ0) is 7.73. The van der Waals surface area contributed by atoms with E-state index in [1.807, 2.05) is 4.90 Å². The summed E-state index contributed by atoms with van der Waals surface area (Å²) in [5.41, 5.74) is 0.0686. The molecule has 62 valence electrons. The molecule has 1 unspecified atom stereocenters. The lowest BCUT2D eigenvalue weighted by atomic mass is 9.86. The highest BCUT2D eigenvalue weighted by atomic mass is 16.5. The second-order valence-electron chi connectivity index (χ2n) is 3.46. The fourth-order valence-electron chi connectivity index (χ4n) is 1.94. The van der Waals surface area contributed by atoms with E-state index >= 15 is 0 Å². The predicted molar refractivity (Wildman–Crippen MR) is 40.2 cm³/mol. The normalized spacial score (nSPS) is 36.9. The van der Waals surface area contributed by atoms with Gasteiger partial charge in [0.15, 0.2) is 0 Å². The summed E-state index contributed by atoms with van der Waals surface area (Å²) in [5, 5.41) is 0.